The van der Waals surface area contributed by atoms with Gasteiger partial charge in [0, 0.05) is 6.42 Å². The zero-order valence-electron chi connectivity index (χ0n) is 13.6. The van der Waals surface area contributed by atoms with Crippen LogP contribution in [0.1, 0.15) is 34.1 Å². The minimum atomic E-state index is -1.12. The van der Waals surface area contributed by atoms with Crippen molar-refractivity contribution in [1.29, 1.82) is 0 Å². The lowest BCUT2D eigenvalue weighted by atomic mass is 9.81. The topological polar surface area (TPSA) is 61.8 Å². The van der Waals surface area contributed by atoms with Crippen LogP contribution in [0.25, 0.3) is 0 Å². The Labute approximate surface area is 125 Å². The highest BCUT2D eigenvalue weighted by Gasteiger charge is 2.41. The first-order valence-electron chi connectivity index (χ1n) is 6.84. The molecule has 5 nitrogen and oxygen atoms in total. The molecule has 0 aromatic carbocycles. The van der Waals surface area contributed by atoms with Crippen molar-refractivity contribution in [3.05, 3.63) is 23.5 Å². The van der Waals surface area contributed by atoms with E-state index < -0.39 is 16.8 Å². The smallest absolute Gasteiger partial charge is 0.323 e. The van der Waals surface area contributed by atoms with Crippen LogP contribution in [0.5, 0.6) is 0 Å². The Kier molecular flexibility index (Phi) is 5.20. The van der Waals surface area contributed by atoms with Crippen LogP contribution in [-0.2, 0) is 23.8 Å². The third-order valence-electron chi connectivity index (χ3n) is 3.26. The van der Waals surface area contributed by atoms with Crippen LogP contribution in [0, 0.1) is 10.8 Å². The van der Waals surface area contributed by atoms with Crippen molar-refractivity contribution >= 4 is 11.9 Å². The van der Waals surface area contributed by atoms with Crippen molar-refractivity contribution in [3.8, 4) is 0 Å². The first-order valence-corrected chi connectivity index (χ1v) is 6.84. The Morgan fingerprint density at radius 1 is 1.24 bits per heavy atom. The van der Waals surface area contributed by atoms with Gasteiger partial charge in [0.2, 0.25) is 0 Å². The molecule has 21 heavy (non-hydrogen) atoms. The maximum absolute atomic E-state index is 12.2. The predicted octanol–water partition coefficient (Wildman–Crippen LogP) is 2.62. The molecule has 118 valence electrons. The van der Waals surface area contributed by atoms with Crippen molar-refractivity contribution < 1.29 is 23.8 Å². The molecule has 0 aliphatic heterocycles. The summed E-state index contributed by atoms with van der Waals surface area (Å²) < 4.78 is 15.5. The molecule has 0 fully saturated rings. The molecule has 0 spiro atoms. The molecule has 0 bridgehead atoms. The van der Waals surface area contributed by atoms with Crippen LogP contribution in [0.2, 0.25) is 0 Å². The van der Waals surface area contributed by atoms with E-state index in [4.69, 9.17) is 14.2 Å². The van der Waals surface area contributed by atoms with Crippen molar-refractivity contribution in [2.45, 2.75) is 34.1 Å². The molecule has 0 aromatic heterocycles. The largest absolute Gasteiger partial charge is 0.501 e. The first-order chi connectivity index (χ1) is 9.64. The van der Waals surface area contributed by atoms with Gasteiger partial charge in [-0.2, -0.15) is 0 Å². The average Bonchev–Trinajstić information content (AvgIpc) is 2.41. The Morgan fingerprint density at radius 3 is 2.33 bits per heavy atom. The second-order valence-corrected chi connectivity index (χ2v) is 6.34. The zero-order valence-corrected chi connectivity index (χ0v) is 13.6. The lowest BCUT2D eigenvalue weighted by Gasteiger charge is -2.30. The summed E-state index contributed by atoms with van der Waals surface area (Å²) in [6.07, 6.45) is 4.07. The van der Waals surface area contributed by atoms with Gasteiger partial charge in [-0.25, -0.2) is 0 Å². The quantitative estimate of drug-likeness (QED) is 0.589. The number of esters is 2. The highest BCUT2D eigenvalue weighted by molar-refractivity contribution is 5.83. The minimum absolute atomic E-state index is 0.0972. The molecule has 0 saturated carbocycles. The summed E-state index contributed by atoms with van der Waals surface area (Å²) in [5, 5.41) is 0. The van der Waals surface area contributed by atoms with E-state index in [1.165, 1.54) is 7.11 Å². The van der Waals surface area contributed by atoms with Gasteiger partial charge in [-0.05, 0) is 33.8 Å². The molecule has 0 aromatic rings. The standard InChI is InChI=1S/C16H24O5/c1-11-7-12(19-5)9-16(8-11,14(18)20-6)10-21-13(17)15(2,3)4/h8-9H,7,10H2,1-6H3. The second-order valence-electron chi connectivity index (χ2n) is 6.34. The van der Waals surface area contributed by atoms with Crippen molar-refractivity contribution in [2.75, 3.05) is 20.8 Å². The molecule has 1 atom stereocenters. The van der Waals surface area contributed by atoms with Crippen LogP contribution in [0.3, 0.4) is 0 Å². The Morgan fingerprint density at radius 2 is 1.86 bits per heavy atom. The zero-order chi connectivity index (χ0) is 16.3. The second kappa shape index (κ2) is 6.33. The summed E-state index contributed by atoms with van der Waals surface area (Å²) >= 11 is 0. The predicted molar refractivity (Wildman–Crippen MR) is 78.3 cm³/mol. The van der Waals surface area contributed by atoms with E-state index in [9.17, 15) is 9.59 Å². The van der Waals surface area contributed by atoms with E-state index in [-0.39, 0.29) is 12.6 Å². The molecule has 0 radical (unpaired) electrons. The van der Waals surface area contributed by atoms with E-state index in [2.05, 4.69) is 0 Å². The highest BCUT2D eigenvalue weighted by Crippen LogP contribution is 2.34. The summed E-state index contributed by atoms with van der Waals surface area (Å²) in [6, 6.07) is 0. The molecule has 0 heterocycles. The number of methoxy groups -OCH3 is 2. The van der Waals surface area contributed by atoms with Gasteiger partial charge in [-0.3, -0.25) is 9.59 Å². The van der Waals surface area contributed by atoms with E-state index in [1.807, 2.05) is 6.92 Å². The Bertz CT molecular complexity index is 481. The molecule has 0 N–H and O–H groups in total. The molecule has 1 rings (SSSR count). The maximum atomic E-state index is 12.2. The van der Waals surface area contributed by atoms with Crippen LogP contribution in [-0.4, -0.2) is 32.8 Å². The van der Waals surface area contributed by atoms with Crippen LogP contribution in [0.15, 0.2) is 23.5 Å². The highest BCUT2D eigenvalue weighted by atomic mass is 16.5. The van der Waals surface area contributed by atoms with Crippen LogP contribution in [0.4, 0.5) is 0 Å². The molecular weight excluding hydrogens is 272 g/mol. The average molecular weight is 296 g/mol. The lowest BCUT2D eigenvalue weighted by Crippen LogP contribution is -2.38. The van der Waals surface area contributed by atoms with Gasteiger partial charge in [0.25, 0.3) is 0 Å². The number of allylic oxidation sites excluding steroid dienone is 1. The van der Waals surface area contributed by atoms with Crippen LogP contribution < -0.4 is 0 Å². The van der Waals surface area contributed by atoms with E-state index in [1.54, 1.807) is 40.0 Å². The molecule has 0 saturated heterocycles. The fraction of sp³-hybridized carbons (Fsp3) is 0.625. The third-order valence-corrected chi connectivity index (χ3v) is 3.26. The normalized spacial score (nSPS) is 22.0. The maximum Gasteiger partial charge on any atom is 0.323 e. The van der Waals surface area contributed by atoms with Gasteiger partial charge in [0.15, 0.2) is 0 Å². The summed E-state index contributed by atoms with van der Waals surface area (Å²) in [4.78, 5) is 24.1. The monoisotopic (exact) mass is 296 g/mol. The van der Waals surface area contributed by atoms with Crippen molar-refractivity contribution in [1.82, 2.24) is 0 Å². The number of rotatable bonds is 4. The number of carbonyl (C=O) groups is 2. The van der Waals surface area contributed by atoms with Gasteiger partial charge >= 0.3 is 11.9 Å². The fourth-order valence-corrected chi connectivity index (χ4v) is 2.13. The Hall–Kier alpha value is -1.78. The Balaban J connectivity index is 3.06. The van der Waals surface area contributed by atoms with Crippen molar-refractivity contribution in [2.24, 2.45) is 10.8 Å². The molecular formula is C16H24O5. The molecule has 5 heteroatoms. The molecule has 1 aliphatic carbocycles. The number of hydrogen-bond acceptors (Lipinski definition) is 5. The minimum Gasteiger partial charge on any atom is -0.501 e. The van der Waals surface area contributed by atoms with Gasteiger partial charge in [0.1, 0.15) is 12.0 Å². The van der Waals surface area contributed by atoms with Gasteiger partial charge in [-0.1, -0.05) is 11.6 Å². The molecule has 0 amide bonds. The van der Waals surface area contributed by atoms with E-state index in [0.717, 1.165) is 5.57 Å². The number of carbonyl (C=O) groups excluding carboxylic acids is 2. The van der Waals surface area contributed by atoms with Crippen molar-refractivity contribution in [3.63, 3.8) is 0 Å². The fourth-order valence-electron chi connectivity index (χ4n) is 2.13. The van der Waals surface area contributed by atoms with Gasteiger partial charge in [-0.15, -0.1) is 0 Å². The summed E-state index contributed by atoms with van der Waals surface area (Å²) in [5.41, 5.74) is -0.784. The van der Waals surface area contributed by atoms with E-state index >= 15 is 0 Å². The number of hydrogen-bond donors (Lipinski definition) is 0. The SMILES string of the molecule is COC(=O)C1(COC(=O)C(C)(C)C)C=C(C)CC(OC)=C1. The summed E-state index contributed by atoms with van der Waals surface area (Å²) in [6.45, 7) is 7.09. The summed E-state index contributed by atoms with van der Waals surface area (Å²) in [5.74, 6) is -0.181. The molecule has 1 aliphatic rings. The first kappa shape index (κ1) is 17.3. The van der Waals surface area contributed by atoms with Crippen LogP contribution >= 0.6 is 0 Å². The summed E-state index contributed by atoms with van der Waals surface area (Å²) in [7, 11) is 2.86. The van der Waals surface area contributed by atoms with Gasteiger partial charge in [0.05, 0.1) is 25.4 Å². The van der Waals surface area contributed by atoms with Gasteiger partial charge < -0.3 is 14.2 Å². The van der Waals surface area contributed by atoms with E-state index in [0.29, 0.717) is 12.2 Å². The third kappa shape index (κ3) is 4.09. The number of ether oxygens (including phenoxy) is 3. The molecule has 1 unspecified atom stereocenters. The lowest BCUT2D eigenvalue weighted by molar-refractivity contribution is -0.160.